The SMILES string of the molecule is CCOC(=O)c1sc(NN=Cc2ccc(C(=O)O)cc2)nc1C. The van der Waals surface area contributed by atoms with E-state index in [0.717, 1.165) is 16.9 Å². The molecule has 120 valence electrons. The van der Waals surface area contributed by atoms with Crippen molar-refractivity contribution in [1.29, 1.82) is 0 Å². The molecule has 1 aromatic carbocycles. The van der Waals surface area contributed by atoms with Crippen LogP contribution in [0.4, 0.5) is 5.13 Å². The highest BCUT2D eigenvalue weighted by Gasteiger charge is 2.15. The van der Waals surface area contributed by atoms with Crippen LogP contribution in [0.5, 0.6) is 0 Å². The van der Waals surface area contributed by atoms with Gasteiger partial charge in [-0.2, -0.15) is 5.10 Å². The Hall–Kier alpha value is -2.74. The molecule has 2 rings (SSSR count). The zero-order valence-electron chi connectivity index (χ0n) is 12.6. The highest BCUT2D eigenvalue weighted by molar-refractivity contribution is 7.17. The molecule has 23 heavy (non-hydrogen) atoms. The van der Waals surface area contributed by atoms with Gasteiger partial charge in [-0.25, -0.2) is 14.6 Å². The molecule has 0 aliphatic carbocycles. The number of hydrogen-bond donors (Lipinski definition) is 2. The topological polar surface area (TPSA) is 101 Å². The van der Waals surface area contributed by atoms with Crippen molar-refractivity contribution in [2.24, 2.45) is 5.10 Å². The summed E-state index contributed by atoms with van der Waals surface area (Å²) in [7, 11) is 0. The van der Waals surface area contributed by atoms with Gasteiger partial charge in [0.25, 0.3) is 0 Å². The summed E-state index contributed by atoms with van der Waals surface area (Å²) < 4.78 is 4.94. The smallest absolute Gasteiger partial charge is 0.350 e. The van der Waals surface area contributed by atoms with Gasteiger partial charge >= 0.3 is 11.9 Å². The molecular weight excluding hydrogens is 318 g/mol. The molecule has 7 nitrogen and oxygen atoms in total. The minimum atomic E-state index is -0.976. The van der Waals surface area contributed by atoms with Crippen molar-refractivity contribution in [2.45, 2.75) is 13.8 Å². The summed E-state index contributed by atoms with van der Waals surface area (Å²) in [5.41, 5.74) is 4.27. The first-order chi connectivity index (χ1) is 11.0. The van der Waals surface area contributed by atoms with Crippen LogP contribution in [0.25, 0.3) is 0 Å². The summed E-state index contributed by atoms with van der Waals surface area (Å²) in [6, 6.07) is 6.28. The standard InChI is InChI=1S/C15H15N3O4S/c1-3-22-14(21)12-9(2)17-15(23-12)18-16-8-10-4-6-11(7-5-10)13(19)20/h4-8H,3H2,1-2H3,(H,17,18)(H,19,20). The van der Waals surface area contributed by atoms with Crippen LogP contribution in [0.3, 0.4) is 0 Å². The number of thiazole rings is 1. The number of nitrogens with zero attached hydrogens (tertiary/aromatic N) is 2. The normalized spacial score (nSPS) is 10.7. The number of anilines is 1. The third-order valence-electron chi connectivity index (χ3n) is 2.79. The summed E-state index contributed by atoms with van der Waals surface area (Å²) in [5, 5.41) is 13.3. The Morgan fingerprint density at radius 2 is 2.09 bits per heavy atom. The van der Waals surface area contributed by atoms with E-state index in [4.69, 9.17) is 9.84 Å². The number of benzene rings is 1. The fraction of sp³-hybridized carbons (Fsp3) is 0.200. The predicted octanol–water partition coefficient (Wildman–Crippen LogP) is 2.77. The van der Waals surface area contributed by atoms with E-state index in [1.54, 1.807) is 26.0 Å². The Morgan fingerprint density at radius 3 is 2.70 bits per heavy atom. The molecule has 0 saturated carbocycles. The van der Waals surface area contributed by atoms with Crippen LogP contribution in [-0.4, -0.2) is 34.9 Å². The van der Waals surface area contributed by atoms with Gasteiger partial charge in [0.2, 0.25) is 5.13 Å². The van der Waals surface area contributed by atoms with Gasteiger partial charge in [0.05, 0.1) is 24.1 Å². The van der Waals surface area contributed by atoms with Gasteiger partial charge in [-0.1, -0.05) is 23.5 Å². The number of nitrogens with one attached hydrogen (secondary N) is 1. The number of carbonyl (C=O) groups is 2. The van der Waals surface area contributed by atoms with Crippen molar-refractivity contribution in [3.05, 3.63) is 46.0 Å². The summed E-state index contributed by atoms with van der Waals surface area (Å²) in [6.07, 6.45) is 1.53. The Balaban J connectivity index is 2.01. The third kappa shape index (κ3) is 4.36. The molecule has 0 bridgehead atoms. The highest BCUT2D eigenvalue weighted by Crippen LogP contribution is 2.23. The lowest BCUT2D eigenvalue weighted by molar-refractivity contribution is 0.0530. The third-order valence-corrected chi connectivity index (χ3v) is 3.83. The van der Waals surface area contributed by atoms with E-state index in [2.05, 4.69) is 15.5 Å². The van der Waals surface area contributed by atoms with Crippen LogP contribution in [-0.2, 0) is 4.74 Å². The zero-order valence-corrected chi connectivity index (χ0v) is 13.4. The first kappa shape index (κ1) is 16.6. The van der Waals surface area contributed by atoms with Crippen LogP contribution >= 0.6 is 11.3 Å². The molecule has 0 saturated heterocycles. The van der Waals surface area contributed by atoms with E-state index in [9.17, 15) is 9.59 Å². The highest BCUT2D eigenvalue weighted by atomic mass is 32.1. The van der Waals surface area contributed by atoms with Gasteiger partial charge in [0, 0.05) is 0 Å². The van der Waals surface area contributed by atoms with E-state index in [1.807, 2.05) is 0 Å². The molecule has 0 aliphatic heterocycles. The van der Waals surface area contributed by atoms with Crippen molar-refractivity contribution in [3.63, 3.8) is 0 Å². The van der Waals surface area contributed by atoms with Crippen molar-refractivity contribution >= 4 is 34.6 Å². The second-order valence-corrected chi connectivity index (χ2v) is 5.45. The number of rotatable bonds is 6. The molecule has 0 unspecified atom stereocenters. The first-order valence-electron chi connectivity index (χ1n) is 6.78. The van der Waals surface area contributed by atoms with Gasteiger partial charge in [0.15, 0.2) is 0 Å². The van der Waals surface area contributed by atoms with E-state index in [0.29, 0.717) is 22.3 Å². The molecular formula is C15H15N3O4S. The summed E-state index contributed by atoms with van der Waals surface area (Å²) in [5.74, 6) is -1.37. The lowest BCUT2D eigenvalue weighted by Gasteiger charge is -1.97. The number of ether oxygens (including phenoxy) is 1. The average Bonchev–Trinajstić information content (AvgIpc) is 2.89. The number of carboxylic acid groups (broad SMARTS) is 1. The van der Waals surface area contributed by atoms with Crippen LogP contribution in [0.15, 0.2) is 29.4 Å². The van der Waals surface area contributed by atoms with E-state index in [1.165, 1.54) is 18.3 Å². The number of aromatic nitrogens is 1. The molecule has 0 atom stereocenters. The van der Waals surface area contributed by atoms with Gasteiger partial charge in [-0.3, -0.25) is 5.43 Å². The van der Waals surface area contributed by atoms with Crippen molar-refractivity contribution in [1.82, 2.24) is 4.98 Å². The minimum absolute atomic E-state index is 0.213. The van der Waals surface area contributed by atoms with Gasteiger partial charge in [0.1, 0.15) is 4.88 Å². The second kappa shape index (κ2) is 7.50. The van der Waals surface area contributed by atoms with Crippen LogP contribution < -0.4 is 5.43 Å². The minimum Gasteiger partial charge on any atom is -0.478 e. The number of aromatic carboxylic acids is 1. The van der Waals surface area contributed by atoms with Crippen molar-refractivity contribution < 1.29 is 19.4 Å². The molecule has 0 amide bonds. The number of carbonyl (C=O) groups excluding carboxylic acids is 1. The predicted molar refractivity (Wildman–Crippen MR) is 87.4 cm³/mol. The van der Waals surface area contributed by atoms with Gasteiger partial charge in [-0.05, 0) is 31.5 Å². The molecule has 2 aromatic rings. The van der Waals surface area contributed by atoms with Gasteiger partial charge < -0.3 is 9.84 Å². The average molecular weight is 333 g/mol. The van der Waals surface area contributed by atoms with E-state index in [-0.39, 0.29) is 5.56 Å². The maximum atomic E-state index is 11.7. The quantitative estimate of drug-likeness (QED) is 0.479. The monoisotopic (exact) mass is 333 g/mol. The van der Waals surface area contributed by atoms with Crippen LogP contribution in [0, 0.1) is 6.92 Å². The summed E-state index contributed by atoms with van der Waals surface area (Å²) in [4.78, 5) is 27.1. The Kier molecular flexibility index (Phi) is 5.42. The van der Waals surface area contributed by atoms with E-state index < -0.39 is 11.9 Å². The number of hydrazone groups is 1. The van der Waals surface area contributed by atoms with E-state index >= 15 is 0 Å². The summed E-state index contributed by atoms with van der Waals surface area (Å²) in [6.45, 7) is 3.78. The fourth-order valence-corrected chi connectivity index (χ4v) is 2.51. The number of esters is 1. The molecule has 0 fully saturated rings. The number of hydrogen-bond acceptors (Lipinski definition) is 7. The molecule has 1 aromatic heterocycles. The largest absolute Gasteiger partial charge is 0.478 e. The maximum Gasteiger partial charge on any atom is 0.350 e. The van der Waals surface area contributed by atoms with Crippen LogP contribution in [0.2, 0.25) is 0 Å². The molecule has 2 N–H and O–H groups in total. The lowest BCUT2D eigenvalue weighted by Crippen LogP contribution is -2.03. The molecule has 8 heteroatoms. The number of aryl methyl sites for hydroxylation is 1. The second-order valence-electron chi connectivity index (χ2n) is 4.45. The van der Waals surface area contributed by atoms with Crippen molar-refractivity contribution in [3.8, 4) is 0 Å². The maximum absolute atomic E-state index is 11.7. The van der Waals surface area contributed by atoms with Crippen molar-refractivity contribution in [2.75, 3.05) is 12.0 Å². The number of carboxylic acids is 1. The van der Waals surface area contributed by atoms with Crippen LogP contribution in [0.1, 0.15) is 38.2 Å². The molecule has 0 spiro atoms. The molecule has 1 heterocycles. The zero-order chi connectivity index (χ0) is 16.8. The Bertz CT molecular complexity index is 738. The van der Waals surface area contributed by atoms with Gasteiger partial charge in [-0.15, -0.1) is 0 Å². The Morgan fingerprint density at radius 1 is 1.39 bits per heavy atom. The molecule has 0 aliphatic rings. The first-order valence-corrected chi connectivity index (χ1v) is 7.60. The fourth-order valence-electron chi connectivity index (χ4n) is 1.70. The Labute approximate surface area is 136 Å². The lowest BCUT2D eigenvalue weighted by atomic mass is 10.1. The summed E-state index contributed by atoms with van der Waals surface area (Å²) >= 11 is 1.16. The molecule has 0 radical (unpaired) electrons.